The fourth-order valence-electron chi connectivity index (χ4n) is 4.26. The van der Waals surface area contributed by atoms with Crippen molar-refractivity contribution in [1.82, 2.24) is 14.9 Å². The summed E-state index contributed by atoms with van der Waals surface area (Å²) in [6, 6.07) is 12.2. The number of benzene rings is 2. The minimum absolute atomic E-state index is 0.0971. The normalized spacial score (nSPS) is 20.2. The van der Waals surface area contributed by atoms with Crippen LogP contribution in [0.25, 0.3) is 0 Å². The van der Waals surface area contributed by atoms with Gasteiger partial charge in [0.2, 0.25) is 10.0 Å². The lowest BCUT2D eigenvalue weighted by molar-refractivity contribution is -0.384. The summed E-state index contributed by atoms with van der Waals surface area (Å²) in [5.74, 6) is 0.805. The molecule has 2 aliphatic rings. The molecule has 2 heterocycles. The maximum Gasteiger partial charge on any atom is 0.514 e. The molecule has 3 aromatic rings. The molecule has 0 unspecified atom stereocenters. The number of fused-ring (bicyclic) bond motifs is 1. The van der Waals surface area contributed by atoms with Gasteiger partial charge in [-0.3, -0.25) is 15.2 Å². The van der Waals surface area contributed by atoms with E-state index in [0.29, 0.717) is 24.3 Å². The Kier molecular flexibility index (Phi) is 5.86. The third kappa shape index (κ3) is 4.95. The standard InChI is InChI=1S/C22H21N5O7S/c28-22(33-17-7-4-16(5-8-17)27(29)30)34-18-6-2-13(9-18)19-11-21(26-25-19)24-15-3-1-14-12-23-35(31,32)20(14)10-15/h1,3-5,7-8,10-11,13,18,23H,2,6,9,12H2,(H2,24,25,26)/t13-,18+/m0/s1. The summed E-state index contributed by atoms with van der Waals surface area (Å²) in [7, 11) is -3.47. The lowest BCUT2D eigenvalue weighted by Crippen LogP contribution is -2.18. The molecule has 0 bridgehead atoms. The van der Waals surface area contributed by atoms with Crippen LogP contribution in [0.2, 0.25) is 0 Å². The maximum absolute atomic E-state index is 12.1. The Morgan fingerprint density at radius 3 is 2.71 bits per heavy atom. The molecule has 3 N–H and O–H groups in total. The Bertz CT molecular complexity index is 1390. The number of sulfonamides is 1. The smallest absolute Gasteiger partial charge is 0.431 e. The van der Waals surface area contributed by atoms with Gasteiger partial charge in [0.05, 0.1) is 9.82 Å². The van der Waals surface area contributed by atoms with Crippen molar-refractivity contribution in [3.05, 3.63) is 69.9 Å². The topological polar surface area (TPSA) is 166 Å². The van der Waals surface area contributed by atoms with Gasteiger partial charge in [0.25, 0.3) is 5.69 Å². The summed E-state index contributed by atoms with van der Waals surface area (Å²) >= 11 is 0. The second-order valence-electron chi connectivity index (χ2n) is 8.33. The minimum Gasteiger partial charge on any atom is -0.431 e. The summed E-state index contributed by atoms with van der Waals surface area (Å²) in [5.41, 5.74) is 2.10. The number of ether oxygens (including phenoxy) is 2. The summed E-state index contributed by atoms with van der Waals surface area (Å²) < 4.78 is 37.1. The molecule has 12 nitrogen and oxygen atoms in total. The van der Waals surface area contributed by atoms with E-state index in [1.807, 2.05) is 6.07 Å². The molecule has 2 aromatic carbocycles. The average molecular weight is 500 g/mol. The molecule has 1 aliphatic carbocycles. The highest BCUT2D eigenvalue weighted by Gasteiger charge is 2.31. The maximum atomic E-state index is 12.1. The second kappa shape index (κ2) is 9.00. The molecule has 0 amide bonds. The number of aromatic amines is 1. The number of nitro groups is 1. The van der Waals surface area contributed by atoms with Crippen molar-refractivity contribution in [2.24, 2.45) is 0 Å². The number of aromatic nitrogens is 2. The highest BCUT2D eigenvalue weighted by Crippen LogP contribution is 2.36. The van der Waals surface area contributed by atoms with E-state index >= 15 is 0 Å². The number of non-ortho nitro benzene ring substituents is 1. The third-order valence-corrected chi connectivity index (χ3v) is 7.50. The first-order chi connectivity index (χ1) is 16.8. The van der Waals surface area contributed by atoms with E-state index in [9.17, 15) is 23.3 Å². The van der Waals surface area contributed by atoms with Crippen LogP contribution in [0.15, 0.2) is 53.4 Å². The van der Waals surface area contributed by atoms with Gasteiger partial charge in [-0.25, -0.2) is 17.9 Å². The van der Waals surface area contributed by atoms with Crippen LogP contribution in [0.3, 0.4) is 0 Å². The van der Waals surface area contributed by atoms with E-state index < -0.39 is 21.1 Å². The van der Waals surface area contributed by atoms with Crippen LogP contribution < -0.4 is 14.8 Å². The van der Waals surface area contributed by atoms with Crippen LogP contribution in [-0.4, -0.2) is 35.8 Å². The van der Waals surface area contributed by atoms with Crippen LogP contribution in [0.5, 0.6) is 5.75 Å². The molecule has 5 rings (SSSR count). The first kappa shape index (κ1) is 22.8. The van der Waals surface area contributed by atoms with Gasteiger partial charge in [-0.15, -0.1) is 0 Å². The van der Waals surface area contributed by atoms with E-state index in [2.05, 4.69) is 20.2 Å². The number of carbonyl (C=O) groups excluding carboxylic acids is 1. The highest BCUT2D eigenvalue weighted by atomic mass is 32.2. The molecule has 0 radical (unpaired) electrons. The molecular weight excluding hydrogens is 478 g/mol. The molecule has 0 spiro atoms. The number of H-pyrrole nitrogens is 1. The van der Waals surface area contributed by atoms with Crippen molar-refractivity contribution in [3.63, 3.8) is 0 Å². The van der Waals surface area contributed by atoms with Gasteiger partial charge in [0, 0.05) is 42.0 Å². The van der Waals surface area contributed by atoms with Crippen LogP contribution in [0.1, 0.15) is 36.4 Å². The zero-order valence-electron chi connectivity index (χ0n) is 18.3. The van der Waals surface area contributed by atoms with Crippen LogP contribution in [-0.2, 0) is 21.3 Å². The molecule has 1 aromatic heterocycles. The minimum atomic E-state index is -3.47. The van der Waals surface area contributed by atoms with E-state index in [-0.39, 0.29) is 34.9 Å². The fourth-order valence-corrected chi connectivity index (χ4v) is 5.53. The SMILES string of the molecule is O=C(Oc1ccc([N+](=O)[O-])cc1)O[C@@H]1CC[C@H](c2cc(Nc3ccc4c(c3)S(=O)(=O)NC4)n[nH]2)C1. The highest BCUT2D eigenvalue weighted by molar-refractivity contribution is 7.89. The van der Waals surface area contributed by atoms with Crippen LogP contribution in [0, 0.1) is 10.1 Å². The monoisotopic (exact) mass is 499 g/mol. The van der Waals surface area contributed by atoms with Gasteiger partial charge in [-0.2, -0.15) is 5.10 Å². The molecule has 35 heavy (non-hydrogen) atoms. The predicted octanol–water partition coefficient (Wildman–Crippen LogP) is 3.71. The fraction of sp³-hybridized carbons (Fsp3) is 0.273. The van der Waals surface area contributed by atoms with Crippen molar-refractivity contribution in [2.75, 3.05) is 5.32 Å². The second-order valence-corrected chi connectivity index (χ2v) is 10.1. The van der Waals surface area contributed by atoms with E-state index in [0.717, 1.165) is 17.7 Å². The van der Waals surface area contributed by atoms with Crippen molar-refractivity contribution >= 4 is 33.4 Å². The molecule has 13 heteroatoms. The van der Waals surface area contributed by atoms with Crippen LogP contribution >= 0.6 is 0 Å². The zero-order valence-corrected chi connectivity index (χ0v) is 19.1. The van der Waals surface area contributed by atoms with Gasteiger partial charge in [0.1, 0.15) is 11.9 Å². The Labute approximate surface area is 199 Å². The molecule has 1 fully saturated rings. The van der Waals surface area contributed by atoms with E-state index in [1.165, 1.54) is 24.3 Å². The van der Waals surface area contributed by atoms with Gasteiger partial charge in [-0.1, -0.05) is 6.07 Å². The van der Waals surface area contributed by atoms with Gasteiger partial charge >= 0.3 is 6.16 Å². The Morgan fingerprint density at radius 1 is 1.14 bits per heavy atom. The number of anilines is 2. The van der Waals surface area contributed by atoms with Crippen molar-refractivity contribution in [2.45, 2.75) is 42.7 Å². The number of carbonyl (C=O) groups is 1. The number of rotatable bonds is 6. The lowest BCUT2D eigenvalue weighted by Gasteiger charge is -2.12. The summed E-state index contributed by atoms with van der Waals surface area (Å²) in [4.78, 5) is 22.5. The Balaban J connectivity index is 1.15. The molecule has 1 aliphatic heterocycles. The molecular formula is C22H21N5O7S. The number of nitro benzene ring substituents is 1. The summed E-state index contributed by atoms with van der Waals surface area (Å²) in [6.45, 7) is 0.289. The van der Waals surface area contributed by atoms with Gasteiger partial charge in [0.15, 0.2) is 5.82 Å². The molecule has 2 atom stereocenters. The first-order valence-electron chi connectivity index (χ1n) is 10.8. The third-order valence-electron chi connectivity index (χ3n) is 6.02. The lowest BCUT2D eigenvalue weighted by atomic mass is 10.0. The number of hydrogen-bond donors (Lipinski definition) is 3. The van der Waals surface area contributed by atoms with Crippen molar-refractivity contribution in [1.29, 1.82) is 0 Å². The number of nitrogens with one attached hydrogen (secondary N) is 3. The van der Waals surface area contributed by atoms with Gasteiger partial charge < -0.3 is 14.8 Å². The summed E-state index contributed by atoms with van der Waals surface area (Å²) in [5, 5.41) is 21.1. The quantitative estimate of drug-likeness (QED) is 0.198. The predicted molar refractivity (Wildman–Crippen MR) is 123 cm³/mol. The average Bonchev–Trinajstić information content (AvgIpc) is 3.54. The molecule has 182 valence electrons. The van der Waals surface area contributed by atoms with Crippen molar-refractivity contribution < 1.29 is 27.6 Å². The number of nitrogens with zero attached hydrogens (tertiary/aromatic N) is 2. The molecule has 0 saturated heterocycles. The Morgan fingerprint density at radius 2 is 1.94 bits per heavy atom. The molecule has 1 saturated carbocycles. The first-order valence-corrected chi connectivity index (χ1v) is 12.3. The Hall–Kier alpha value is -3.97. The van der Waals surface area contributed by atoms with Crippen LogP contribution in [0.4, 0.5) is 22.0 Å². The number of hydrogen-bond acceptors (Lipinski definition) is 9. The van der Waals surface area contributed by atoms with E-state index in [4.69, 9.17) is 9.47 Å². The largest absolute Gasteiger partial charge is 0.514 e. The zero-order chi connectivity index (χ0) is 24.6. The van der Waals surface area contributed by atoms with Crippen molar-refractivity contribution in [3.8, 4) is 5.75 Å². The summed E-state index contributed by atoms with van der Waals surface area (Å²) in [6.07, 6.45) is 0.814. The van der Waals surface area contributed by atoms with Gasteiger partial charge in [-0.05, 0) is 49.1 Å². The van der Waals surface area contributed by atoms with E-state index in [1.54, 1.807) is 18.2 Å².